The summed E-state index contributed by atoms with van der Waals surface area (Å²) in [4.78, 5) is 0. The second-order valence-electron chi connectivity index (χ2n) is 2.12. The standard InChI is InChI=1S/C7H15N/c1-4-6(2)7(3)5-8/h4-5,8H2,1-3H3. The minimum Gasteiger partial charge on any atom is -0.327 e. The van der Waals surface area contributed by atoms with Crippen molar-refractivity contribution in [1.82, 2.24) is 0 Å². The van der Waals surface area contributed by atoms with Crippen molar-refractivity contribution in [3.63, 3.8) is 0 Å². The van der Waals surface area contributed by atoms with Crippen LogP contribution in [0.2, 0.25) is 0 Å². The van der Waals surface area contributed by atoms with Crippen LogP contribution in [0.3, 0.4) is 0 Å². The largest absolute Gasteiger partial charge is 0.327 e. The third-order valence-corrected chi connectivity index (χ3v) is 1.57. The van der Waals surface area contributed by atoms with Crippen molar-refractivity contribution in [2.24, 2.45) is 5.73 Å². The van der Waals surface area contributed by atoms with E-state index in [0.29, 0.717) is 6.54 Å². The molecule has 0 aliphatic rings. The monoisotopic (exact) mass is 113 g/mol. The molecule has 0 saturated heterocycles. The lowest BCUT2D eigenvalue weighted by atomic mass is 10.1. The molecule has 1 heteroatoms. The van der Waals surface area contributed by atoms with E-state index in [1.54, 1.807) is 0 Å². The van der Waals surface area contributed by atoms with Gasteiger partial charge in [0.2, 0.25) is 0 Å². The SMILES string of the molecule is CCC(C)=C(C)CN. The van der Waals surface area contributed by atoms with Gasteiger partial charge in [0.15, 0.2) is 0 Å². The summed E-state index contributed by atoms with van der Waals surface area (Å²) in [6.07, 6.45) is 1.13. The average Bonchev–Trinajstić information content (AvgIpc) is 1.84. The minimum atomic E-state index is 0.708. The Morgan fingerprint density at radius 1 is 1.25 bits per heavy atom. The highest BCUT2D eigenvalue weighted by molar-refractivity contribution is 5.09. The van der Waals surface area contributed by atoms with E-state index in [2.05, 4.69) is 20.8 Å². The van der Waals surface area contributed by atoms with E-state index in [4.69, 9.17) is 5.73 Å². The molecule has 8 heavy (non-hydrogen) atoms. The van der Waals surface area contributed by atoms with Crippen LogP contribution in [0.5, 0.6) is 0 Å². The minimum absolute atomic E-state index is 0.708. The maximum atomic E-state index is 5.39. The number of nitrogens with two attached hydrogens (primary N) is 1. The maximum Gasteiger partial charge on any atom is 0.0136 e. The second kappa shape index (κ2) is 3.67. The van der Waals surface area contributed by atoms with Gasteiger partial charge >= 0.3 is 0 Å². The van der Waals surface area contributed by atoms with Gasteiger partial charge in [-0.25, -0.2) is 0 Å². The highest BCUT2D eigenvalue weighted by Gasteiger charge is 1.88. The summed E-state index contributed by atoms with van der Waals surface area (Å²) in [5.74, 6) is 0. The van der Waals surface area contributed by atoms with Crippen molar-refractivity contribution in [3.05, 3.63) is 11.1 Å². The fraction of sp³-hybridized carbons (Fsp3) is 0.714. The van der Waals surface area contributed by atoms with Crippen LogP contribution in [0.15, 0.2) is 11.1 Å². The average molecular weight is 113 g/mol. The molecule has 0 unspecified atom stereocenters. The molecule has 0 atom stereocenters. The molecule has 0 aromatic heterocycles. The van der Waals surface area contributed by atoms with Crippen molar-refractivity contribution in [3.8, 4) is 0 Å². The first-order chi connectivity index (χ1) is 3.72. The highest BCUT2D eigenvalue weighted by Crippen LogP contribution is 2.03. The van der Waals surface area contributed by atoms with Crippen LogP contribution in [0.1, 0.15) is 27.2 Å². The summed E-state index contributed by atoms with van der Waals surface area (Å²) in [7, 11) is 0. The summed E-state index contributed by atoms with van der Waals surface area (Å²) in [5, 5.41) is 0. The Morgan fingerprint density at radius 3 is 1.88 bits per heavy atom. The maximum absolute atomic E-state index is 5.39. The fourth-order valence-corrected chi connectivity index (χ4v) is 0.476. The van der Waals surface area contributed by atoms with Gasteiger partial charge in [-0.1, -0.05) is 18.1 Å². The number of hydrogen-bond donors (Lipinski definition) is 1. The molecule has 1 nitrogen and oxygen atoms in total. The van der Waals surface area contributed by atoms with Crippen molar-refractivity contribution in [2.45, 2.75) is 27.2 Å². The van der Waals surface area contributed by atoms with Gasteiger partial charge in [0, 0.05) is 6.54 Å². The number of rotatable bonds is 2. The first-order valence-electron chi connectivity index (χ1n) is 3.07. The predicted octanol–water partition coefficient (Wildman–Crippen LogP) is 1.69. The van der Waals surface area contributed by atoms with Gasteiger partial charge in [0.1, 0.15) is 0 Å². The molecule has 0 saturated carbocycles. The van der Waals surface area contributed by atoms with Gasteiger partial charge in [-0.05, 0) is 20.3 Å². The van der Waals surface area contributed by atoms with Gasteiger partial charge < -0.3 is 5.73 Å². The molecule has 0 aromatic carbocycles. The Morgan fingerprint density at radius 2 is 1.75 bits per heavy atom. The summed E-state index contributed by atoms with van der Waals surface area (Å²) in [5.41, 5.74) is 8.14. The molecular weight excluding hydrogens is 98.1 g/mol. The summed E-state index contributed by atoms with van der Waals surface area (Å²) >= 11 is 0. The number of hydrogen-bond acceptors (Lipinski definition) is 1. The van der Waals surface area contributed by atoms with E-state index in [1.807, 2.05) is 0 Å². The highest BCUT2D eigenvalue weighted by atomic mass is 14.5. The lowest BCUT2D eigenvalue weighted by Crippen LogP contribution is -2.01. The zero-order valence-electron chi connectivity index (χ0n) is 5.99. The Balaban J connectivity index is 3.83. The quantitative estimate of drug-likeness (QED) is 0.542. The van der Waals surface area contributed by atoms with Gasteiger partial charge in [0.05, 0.1) is 0 Å². The molecular formula is C7H15N. The molecule has 2 N–H and O–H groups in total. The molecule has 0 bridgehead atoms. The predicted molar refractivity (Wildman–Crippen MR) is 37.7 cm³/mol. The van der Waals surface area contributed by atoms with E-state index >= 15 is 0 Å². The smallest absolute Gasteiger partial charge is 0.0136 e. The van der Waals surface area contributed by atoms with Gasteiger partial charge in [-0.15, -0.1) is 0 Å². The third kappa shape index (κ3) is 2.12. The van der Waals surface area contributed by atoms with E-state index in [1.165, 1.54) is 11.1 Å². The van der Waals surface area contributed by atoms with E-state index in [9.17, 15) is 0 Å². The third-order valence-electron chi connectivity index (χ3n) is 1.57. The zero-order valence-corrected chi connectivity index (χ0v) is 5.99. The Bertz CT molecular complexity index is 80.6. The van der Waals surface area contributed by atoms with Crippen LogP contribution in [-0.4, -0.2) is 6.54 Å². The Kier molecular flexibility index (Phi) is 3.53. The molecule has 0 aromatic rings. The van der Waals surface area contributed by atoms with Gasteiger partial charge in [-0.2, -0.15) is 0 Å². The van der Waals surface area contributed by atoms with Crippen LogP contribution >= 0.6 is 0 Å². The van der Waals surface area contributed by atoms with Crippen molar-refractivity contribution in [2.75, 3.05) is 6.54 Å². The Hall–Kier alpha value is -0.300. The molecule has 0 rings (SSSR count). The lowest BCUT2D eigenvalue weighted by molar-refractivity contribution is 1.01. The van der Waals surface area contributed by atoms with Crippen LogP contribution in [0.25, 0.3) is 0 Å². The second-order valence-corrected chi connectivity index (χ2v) is 2.12. The lowest BCUT2D eigenvalue weighted by Gasteiger charge is -1.99. The van der Waals surface area contributed by atoms with Crippen molar-refractivity contribution < 1.29 is 0 Å². The molecule has 0 spiro atoms. The molecule has 0 amide bonds. The normalized spacial score (nSPS) is 13.5. The molecule has 0 aliphatic carbocycles. The summed E-state index contributed by atoms with van der Waals surface area (Å²) in [6, 6.07) is 0. The summed E-state index contributed by atoms with van der Waals surface area (Å²) < 4.78 is 0. The number of allylic oxidation sites excluding steroid dienone is 1. The first-order valence-corrected chi connectivity index (χ1v) is 3.07. The first kappa shape index (κ1) is 7.70. The zero-order chi connectivity index (χ0) is 6.57. The van der Waals surface area contributed by atoms with Crippen LogP contribution < -0.4 is 5.73 Å². The fourth-order valence-electron chi connectivity index (χ4n) is 0.476. The Labute approximate surface area is 51.6 Å². The molecule has 48 valence electrons. The topological polar surface area (TPSA) is 26.0 Å². The molecule has 0 fully saturated rings. The van der Waals surface area contributed by atoms with E-state index in [0.717, 1.165) is 6.42 Å². The van der Waals surface area contributed by atoms with Crippen molar-refractivity contribution in [1.29, 1.82) is 0 Å². The summed E-state index contributed by atoms with van der Waals surface area (Å²) in [6.45, 7) is 7.06. The van der Waals surface area contributed by atoms with E-state index < -0.39 is 0 Å². The van der Waals surface area contributed by atoms with Crippen LogP contribution in [0.4, 0.5) is 0 Å². The van der Waals surface area contributed by atoms with E-state index in [-0.39, 0.29) is 0 Å². The van der Waals surface area contributed by atoms with Crippen LogP contribution in [-0.2, 0) is 0 Å². The van der Waals surface area contributed by atoms with Crippen LogP contribution in [0, 0.1) is 0 Å². The van der Waals surface area contributed by atoms with Gasteiger partial charge in [0.25, 0.3) is 0 Å². The molecule has 0 radical (unpaired) electrons. The molecule has 0 heterocycles. The van der Waals surface area contributed by atoms with Gasteiger partial charge in [-0.3, -0.25) is 0 Å². The van der Waals surface area contributed by atoms with Crippen molar-refractivity contribution >= 4 is 0 Å². The molecule has 0 aliphatic heterocycles.